The Labute approximate surface area is 188 Å². The quantitative estimate of drug-likeness (QED) is 0.299. The Morgan fingerprint density at radius 2 is 1.94 bits per heavy atom. The summed E-state index contributed by atoms with van der Waals surface area (Å²) in [6.45, 7) is 3.93. The molecule has 2 aromatic carbocycles. The topological polar surface area (TPSA) is 115 Å². The zero-order chi connectivity index (χ0) is 22.0. The molecule has 0 saturated heterocycles. The van der Waals surface area contributed by atoms with Gasteiger partial charge in [0.25, 0.3) is 0 Å². The summed E-state index contributed by atoms with van der Waals surface area (Å²) < 4.78 is 1.34. The van der Waals surface area contributed by atoms with Crippen molar-refractivity contribution in [3.63, 3.8) is 0 Å². The smallest absolute Gasteiger partial charge is 0.234 e. The normalized spacial score (nSPS) is 10.9. The Morgan fingerprint density at radius 3 is 2.71 bits per heavy atom. The highest BCUT2D eigenvalue weighted by atomic mass is 35.5. The lowest BCUT2D eigenvalue weighted by Crippen LogP contribution is -2.17. The number of H-pyrrole nitrogens is 1. The largest absolute Gasteiger partial charge is 0.335 e. The van der Waals surface area contributed by atoms with E-state index < -0.39 is 0 Å². The fraction of sp³-hybridized carbons (Fsp3) is 0.143. The van der Waals surface area contributed by atoms with Crippen LogP contribution in [0.2, 0.25) is 5.02 Å². The molecule has 31 heavy (non-hydrogen) atoms. The number of aromatic amines is 1. The zero-order valence-corrected chi connectivity index (χ0v) is 18.5. The lowest BCUT2D eigenvalue weighted by Gasteiger charge is -2.08. The van der Waals surface area contributed by atoms with Gasteiger partial charge >= 0.3 is 0 Å². The molecule has 0 radical (unpaired) electrons. The number of nitrogens with one attached hydrogen (secondary N) is 2. The van der Waals surface area contributed by atoms with E-state index in [2.05, 4.69) is 25.7 Å². The number of rotatable bonds is 6. The van der Waals surface area contributed by atoms with Gasteiger partial charge in [0.05, 0.1) is 11.4 Å². The maximum Gasteiger partial charge on any atom is 0.234 e. The summed E-state index contributed by atoms with van der Waals surface area (Å²) in [7, 11) is 0. The van der Waals surface area contributed by atoms with E-state index in [1.54, 1.807) is 12.1 Å². The number of aryl methyl sites for hydroxylation is 2. The van der Waals surface area contributed by atoms with Crippen molar-refractivity contribution in [1.29, 1.82) is 0 Å². The van der Waals surface area contributed by atoms with Crippen LogP contribution in [0.5, 0.6) is 0 Å². The molecule has 4 aromatic rings. The Balaban J connectivity index is 1.43. The van der Waals surface area contributed by atoms with Gasteiger partial charge in [-0.1, -0.05) is 59.3 Å². The van der Waals surface area contributed by atoms with Crippen LogP contribution >= 0.6 is 23.4 Å². The predicted molar refractivity (Wildman–Crippen MR) is 123 cm³/mol. The number of aromatic nitrogens is 5. The third-order valence-electron chi connectivity index (χ3n) is 4.64. The van der Waals surface area contributed by atoms with Crippen LogP contribution in [0, 0.1) is 13.8 Å². The summed E-state index contributed by atoms with van der Waals surface area (Å²) in [6, 6.07) is 15.3. The van der Waals surface area contributed by atoms with E-state index >= 15 is 0 Å². The van der Waals surface area contributed by atoms with E-state index in [-0.39, 0.29) is 11.7 Å². The van der Waals surface area contributed by atoms with Crippen molar-refractivity contribution in [3.8, 4) is 22.8 Å². The van der Waals surface area contributed by atoms with Gasteiger partial charge in [-0.05, 0) is 37.6 Å². The second-order valence-corrected chi connectivity index (χ2v) is 8.38. The molecule has 0 fully saturated rings. The molecule has 8 nitrogen and oxygen atoms in total. The second-order valence-electron chi connectivity index (χ2n) is 7.01. The molecule has 4 rings (SSSR count). The Morgan fingerprint density at radius 1 is 1.16 bits per heavy atom. The first kappa shape index (κ1) is 21.0. The fourth-order valence-corrected chi connectivity index (χ4v) is 3.74. The number of nitrogens with zero attached hydrogens (tertiary/aromatic N) is 4. The molecule has 0 aliphatic rings. The van der Waals surface area contributed by atoms with Gasteiger partial charge in [0.15, 0.2) is 0 Å². The molecule has 0 spiro atoms. The minimum atomic E-state index is -0.192. The van der Waals surface area contributed by atoms with Gasteiger partial charge in [0, 0.05) is 16.3 Å². The van der Waals surface area contributed by atoms with Crippen LogP contribution in [-0.4, -0.2) is 36.7 Å². The van der Waals surface area contributed by atoms with Crippen LogP contribution in [0.3, 0.4) is 0 Å². The molecule has 2 aromatic heterocycles. The van der Waals surface area contributed by atoms with E-state index in [0.717, 1.165) is 16.8 Å². The molecule has 0 atom stereocenters. The van der Waals surface area contributed by atoms with Gasteiger partial charge in [-0.25, -0.2) is 4.68 Å². The van der Waals surface area contributed by atoms with Crippen molar-refractivity contribution in [2.24, 2.45) is 0 Å². The van der Waals surface area contributed by atoms with Crippen LogP contribution in [-0.2, 0) is 4.79 Å². The SMILES string of the molecule is Cc1ccc(-c2cc(-c3nnc(SCC(=O)Nc4cc(Cl)ccc4C)n3N)[nH]n2)cc1. The first-order chi connectivity index (χ1) is 14.9. The maximum atomic E-state index is 12.3. The minimum absolute atomic E-state index is 0.124. The number of amides is 1. The Kier molecular flexibility index (Phi) is 5.97. The second kappa shape index (κ2) is 8.83. The number of carbonyl (C=O) groups is 1. The van der Waals surface area contributed by atoms with Crippen molar-refractivity contribution in [2.75, 3.05) is 16.9 Å². The third kappa shape index (κ3) is 4.73. The minimum Gasteiger partial charge on any atom is -0.335 e. The number of nitrogens with two attached hydrogens (primary N) is 1. The van der Waals surface area contributed by atoms with Gasteiger partial charge in [0.1, 0.15) is 5.69 Å². The number of hydrogen-bond acceptors (Lipinski definition) is 6. The number of nitrogen functional groups attached to an aromatic ring is 1. The molecule has 158 valence electrons. The molecule has 0 unspecified atom stereocenters. The van der Waals surface area contributed by atoms with E-state index in [4.69, 9.17) is 17.4 Å². The summed E-state index contributed by atoms with van der Waals surface area (Å²) in [6.07, 6.45) is 0. The van der Waals surface area contributed by atoms with Gasteiger partial charge in [-0.3, -0.25) is 9.89 Å². The van der Waals surface area contributed by atoms with Crippen LogP contribution in [0.1, 0.15) is 11.1 Å². The van der Waals surface area contributed by atoms with Crippen molar-refractivity contribution in [3.05, 3.63) is 64.7 Å². The number of anilines is 1. The number of hydrogen-bond donors (Lipinski definition) is 3. The van der Waals surface area contributed by atoms with Gasteiger partial charge < -0.3 is 11.2 Å². The van der Waals surface area contributed by atoms with Crippen LogP contribution in [0.4, 0.5) is 5.69 Å². The summed E-state index contributed by atoms with van der Waals surface area (Å²) in [5.41, 5.74) is 5.18. The molecule has 10 heteroatoms. The number of thioether (sulfide) groups is 1. The fourth-order valence-electron chi connectivity index (χ4n) is 2.91. The van der Waals surface area contributed by atoms with Crippen molar-refractivity contribution in [1.82, 2.24) is 25.1 Å². The number of benzene rings is 2. The molecule has 0 aliphatic carbocycles. The molecule has 2 heterocycles. The Bertz CT molecular complexity index is 1230. The summed E-state index contributed by atoms with van der Waals surface area (Å²) >= 11 is 7.19. The highest BCUT2D eigenvalue weighted by Crippen LogP contribution is 2.25. The molecule has 4 N–H and O–H groups in total. The number of carbonyl (C=O) groups excluding carboxylic acids is 1. The van der Waals surface area contributed by atoms with Crippen LogP contribution in [0.15, 0.2) is 53.7 Å². The Hall–Kier alpha value is -3.30. The van der Waals surface area contributed by atoms with Crippen molar-refractivity contribution >= 4 is 35.0 Å². The lowest BCUT2D eigenvalue weighted by atomic mass is 10.1. The number of halogens is 1. The van der Waals surface area contributed by atoms with Gasteiger partial charge in [-0.15, -0.1) is 10.2 Å². The highest BCUT2D eigenvalue weighted by molar-refractivity contribution is 7.99. The first-order valence-corrected chi connectivity index (χ1v) is 10.8. The van der Waals surface area contributed by atoms with Crippen LogP contribution in [0.25, 0.3) is 22.8 Å². The standard InChI is InChI=1S/C21H20ClN7OS/c1-12-3-6-14(7-4-12)17-10-18(26-25-17)20-27-28-21(29(20)23)31-11-19(30)24-16-9-15(22)8-5-13(16)2/h3-10H,11,23H2,1-2H3,(H,24,30)(H,25,26). The average molecular weight is 454 g/mol. The first-order valence-electron chi connectivity index (χ1n) is 9.43. The summed E-state index contributed by atoms with van der Waals surface area (Å²) in [4.78, 5) is 12.3. The highest BCUT2D eigenvalue weighted by Gasteiger charge is 2.16. The lowest BCUT2D eigenvalue weighted by molar-refractivity contribution is -0.113. The predicted octanol–water partition coefficient (Wildman–Crippen LogP) is 4.05. The molecule has 0 bridgehead atoms. The molecular weight excluding hydrogens is 434 g/mol. The van der Waals surface area contributed by atoms with E-state index in [9.17, 15) is 4.79 Å². The molecule has 1 amide bonds. The van der Waals surface area contributed by atoms with Gasteiger partial charge in [-0.2, -0.15) is 5.10 Å². The van der Waals surface area contributed by atoms with E-state index in [0.29, 0.717) is 27.4 Å². The average Bonchev–Trinajstić information content (AvgIpc) is 3.36. The third-order valence-corrected chi connectivity index (χ3v) is 5.81. The molecule has 0 aliphatic heterocycles. The monoisotopic (exact) mass is 453 g/mol. The molecule has 0 saturated carbocycles. The summed E-state index contributed by atoms with van der Waals surface area (Å²) in [5, 5.41) is 19.3. The molecular formula is C21H20ClN7OS. The summed E-state index contributed by atoms with van der Waals surface area (Å²) in [5.74, 6) is 6.52. The maximum absolute atomic E-state index is 12.3. The van der Waals surface area contributed by atoms with Crippen LogP contribution < -0.4 is 11.2 Å². The van der Waals surface area contributed by atoms with Crippen molar-refractivity contribution < 1.29 is 4.79 Å². The van der Waals surface area contributed by atoms with E-state index in [1.807, 2.05) is 50.2 Å². The van der Waals surface area contributed by atoms with Gasteiger partial charge in [0.2, 0.25) is 16.9 Å². The van der Waals surface area contributed by atoms with E-state index in [1.165, 1.54) is 22.0 Å². The van der Waals surface area contributed by atoms with Crippen molar-refractivity contribution in [2.45, 2.75) is 19.0 Å². The zero-order valence-electron chi connectivity index (χ0n) is 16.9.